The first-order valence-corrected chi connectivity index (χ1v) is 6.41. The molecule has 1 heterocycles. The average molecular weight is 258 g/mol. The van der Waals surface area contributed by atoms with Crippen LogP contribution in [0.5, 0.6) is 0 Å². The summed E-state index contributed by atoms with van der Waals surface area (Å²) in [5.41, 5.74) is 0.440. The molecule has 0 aliphatic heterocycles. The van der Waals surface area contributed by atoms with Gasteiger partial charge in [0, 0.05) is 0 Å². The third kappa shape index (κ3) is 1.90. The number of benzene rings is 1. The predicted molar refractivity (Wildman–Crippen MR) is 58.0 cm³/mol. The molecule has 1 aromatic heterocycles. The Morgan fingerprint density at radius 3 is 2.69 bits per heavy atom. The highest BCUT2D eigenvalue weighted by Crippen LogP contribution is 2.24. The molecule has 0 atom stereocenters. The van der Waals surface area contributed by atoms with Gasteiger partial charge in [0.05, 0.1) is 15.1 Å². The van der Waals surface area contributed by atoms with Gasteiger partial charge in [-0.1, -0.05) is 0 Å². The molecule has 2 aromatic rings. The zero-order valence-corrected chi connectivity index (χ0v) is 9.38. The zero-order valence-electron chi connectivity index (χ0n) is 7.75. The molecule has 2 rings (SSSR count). The number of nitrogens with two attached hydrogens (primary N) is 1. The monoisotopic (exact) mass is 258 g/mol. The Balaban J connectivity index is 2.67. The molecule has 0 aliphatic carbocycles. The molecule has 8 heteroatoms. The molecule has 84 valence electrons. The Bertz CT molecular complexity index is 674. The fourth-order valence-corrected chi connectivity index (χ4v) is 2.63. The van der Waals surface area contributed by atoms with Crippen molar-refractivity contribution in [3.8, 4) is 0 Å². The number of carboxylic acid groups (broad SMARTS) is 1. The van der Waals surface area contributed by atoms with Gasteiger partial charge in [-0.05, 0) is 18.2 Å². The highest BCUT2D eigenvalue weighted by molar-refractivity contribution is 7.89. The minimum atomic E-state index is -3.77. The SMILES string of the molecule is NS(=O)(=O)c1ccc2nc(C(=O)O)sc2c1. The van der Waals surface area contributed by atoms with Crippen LogP contribution < -0.4 is 5.14 Å². The minimum absolute atomic E-state index is 0.0550. The van der Waals surface area contributed by atoms with Crippen LogP contribution in [-0.2, 0) is 10.0 Å². The van der Waals surface area contributed by atoms with Gasteiger partial charge in [0.2, 0.25) is 15.0 Å². The van der Waals surface area contributed by atoms with E-state index in [1.807, 2.05) is 0 Å². The number of hydrogen-bond donors (Lipinski definition) is 2. The maximum absolute atomic E-state index is 11.1. The van der Waals surface area contributed by atoms with Crippen molar-refractivity contribution in [1.82, 2.24) is 4.98 Å². The lowest BCUT2D eigenvalue weighted by Gasteiger charge is -1.95. The summed E-state index contributed by atoms with van der Waals surface area (Å²) < 4.78 is 22.6. The maximum Gasteiger partial charge on any atom is 0.365 e. The summed E-state index contributed by atoms with van der Waals surface area (Å²) in [4.78, 5) is 14.4. The third-order valence-corrected chi connectivity index (χ3v) is 3.79. The summed E-state index contributed by atoms with van der Waals surface area (Å²) in [6.07, 6.45) is 0. The molecule has 16 heavy (non-hydrogen) atoms. The number of nitrogens with zero attached hydrogens (tertiary/aromatic N) is 1. The third-order valence-electron chi connectivity index (χ3n) is 1.87. The molecule has 0 spiro atoms. The summed E-state index contributed by atoms with van der Waals surface area (Å²) in [5, 5.41) is 13.6. The van der Waals surface area contributed by atoms with Gasteiger partial charge in [0.15, 0.2) is 0 Å². The van der Waals surface area contributed by atoms with Gasteiger partial charge >= 0.3 is 5.97 Å². The molecule has 0 saturated carbocycles. The second kappa shape index (κ2) is 3.51. The van der Waals surface area contributed by atoms with Gasteiger partial charge in [-0.2, -0.15) is 0 Å². The van der Waals surface area contributed by atoms with E-state index in [1.54, 1.807) is 0 Å². The molecule has 0 unspecified atom stereocenters. The van der Waals surface area contributed by atoms with Crippen LogP contribution in [0.1, 0.15) is 9.80 Å². The van der Waals surface area contributed by atoms with Crippen molar-refractivity contribution in [1.29, 1.82) is 0 Å². The van der Waals surface area contributed by atoms with Crippen LogP contribution in [0.4, 0.5) is 0 Å². The number of rotatable bonds is 2. The Labute approximate surface area is 94.4 Å². The quantitative estimate of drug-likeness (QED) is 0.821. The summed E-state index contributed by atoms with van der Waals surface area (Å²) >= 11 is 0.905. The summed E-state index contributed by atoms with van der Waals surface area (Å²) in [6.45, 7) is 0. The minimum Gasteiger partial charge on any atom is -0.476 e. The molecule has 0 amide bonds. The Hall–Kier alpha value is -1.51. The van der Waals surface area contributed by atoms with E-state index in [1.165, 1.54) is 18.2 Å². The van der Waals surface area contributed by atoms with Crippen LogP contribution in [0.25, 0.3) is 10.2 Å². The molecule has 0 saturated heterocycles. The molecule has 3 N–H and O–H groups in total. The average Bonchev–Trinajstić information content (AvgIpc) is 2.58. The summed E-state index contributed by atoms with van der Waals surface area (Å²) in [7, 11) is -3.77. The fraction of sp³-hybridized carbons (Fsp3) is 0. The van der Waals surface area contributed by atoms with Crippen LogP contribution in [0.3, 0.4) is 0 Å². The van der Waals surface area contributed by atoms with Crippen molar-refractivity contribution in [2.45, 2.75) is 4.90 Å². The standard InChI is InChI=1S/C8H6N2O4S2/c9-16(13,14)4-1-2-5-6(3-4)15-7(10-5)8(11)12/h1-3H,(H,11,12)(H2,9,13,14). The highest BCUT2D eigenvalue weighted by Gasteiger charge is 2.13. The molecule has 0 radical (unpaired) electrons. The van der Waals surface area contributed by atoms with Gasteiger partial charge < -0.3 is 5.11 Å². The van der Waals surface area contributed by atoms with Crippen molar-refractivity contribution in [2.75, 3.05) is 0 Å². The van der Waals surface area contributed by atoms with E-state index in [-0.39, 0.29) is 9.90 Å². The molecule has 0 bridgehead atoms. The van der Waals surface area contributed by atoms with Gasteiger partial charge in [0.1, 0.15) is 0 Å². The maximum atomic E-state index is 11.1. The smallest absolute Gasteiger partial charge is 0.365 e. The number of thiazole rings is 1. The molecule has 1 aromatic carbocycles. The second-order valence-corrected chi connectivity index (χ2v) is 5.59. The number of aromatic carboxylic acids is 1. The fourth-order valence-electron chi connectivity index (χ4n) is 1.17. The first kappa shape index (κ1) is 11.0. The molecular formula is C8H6N2O4S2. The largest absolute Gasteiger partial charge is 0.476 e. The van der Waals surface area contributed by atoms with Crippen LogP contribution in [-0.4, -0.2) is 24.5 Å². The number of aromatic nitrogens is 1. The van der Waals surface area contributed by atoms with Crippen LogP contribution in [0.2, 0.25) is 0 Å². The predicted octanol–water partition coefficient (Wildman–Crippen LogP) is 0.642. The van der Waals surface area contributed by atoms with E-state index in [2.05, 4.69) is 4.98 Å². The Morgan fingerprint density at radius 1 is 1.44 bits per heavy atom. The lowest BCUT2D eigenvalue weighted by Crippen LogP contribution is -2.11. The Kier molecular flexibility index (Phi) is 2.41. The first-order valence-electron chi connectivity index (χ1n) is 4.04. The van der Waals surface area contributed by atoms with Gasteiger partial charge in [0.25, 0.3) is 0 Å². The lowest BCUT2D eigenvalue weighted by atomic mass is 10.3. The van der Waals surface area contributed by atoms with E-state index in [9.17, 15) is 13.2 Å². The molecule has 0 aliphatic rings. The van der Waals surface area contributed by atoms with E-state index in [0.29, 0.717) is 10.2 Å². The van der Waals surface area contributed by atoms with Crippen molar-refractivity contribution in [3.05, 3.63) is 23.2 Å². The number of primary sulfonamides is 1. The normalized spacial score (nSPS) is 11.8. The van der Waals surface area contributed by atoms with Crippen molar-refractivity contribution in [3.63, 3.8) is 0 Å². The van der Waals surface area contributed by atoms with Crippen molar-refractivity contribution >= 4 is 37.5 Å². The van der Waals surface area contributed by atoms with Crippen molar-refractivity contribution < 1.29 is 18.3 Å². The number of carboxylic acids is 1. The van der Waals surface area contributed by atoms with E-state index in [4.69, 9.17) is 10.2 Å². The Morgan fingerprint density at radius 2 is 2.12 bits per heavy atom. The van der Waals surface area contributed by atoms with Crippen LogP contribution >= 0.6 is 11.3 Å². The lowest BCUT2D eigenvalue weighted by molar-refractivity contribution is 0.0696. The van der Waals surface area contributed by atoms with Crippen LogP contribution in [0, 0.1) is 0 Å². The molecule has 6 nitrogen and oxygen atoms in total. The number of sulfonamides is 1. The highest BCUT2D eigenvalue weighted by atomic mass is 32.2. The van der Waals surface area contributed by atoms with Crippen LogP contribution in [0.15, 0.2) is 23.1 Å². The topological polar surface area (TPSA) is 110 Å². The zero-order chi connectivity index (χ0) is 11.9. The number of carbonyl (C=O) groups is 1. The summed E-state index contributed by atoms with van der Waals surface area (Å²) in [5.74, 6) is -1.14. The van der Waals surface area contributed by atoms with Gasteiger partial charge in [-0.15, -0.1) is 11.3 Å². The summed E-state index contributed by atoms with van der Waals surface area (Å²) in [6, 6.07) is 4.04. The first-order chi connectivity index (χ1) is 7.38. The van der Waals surface area contributed by atoms with E-state index in [0.717, 1.165) is 11.3 Å². The second-order valence-electron chi connectivity index (χ2n) is 3.00. The molecular weight excluding hydrogens is 252 g/mol. The molecule has 0 fully saturated rings. The number of hydrogen-bond acceptors (Lipinski definition) is 5. The van der Waals surface area contributed by atoms with Gasteiger partial charge in [-0.25, -0.2) is 23.3 Å². The number of fused-ring (bicyclic) bond motifs is 1. The van der Waals surface area contributed by atoms with E-state index < -0.39 is 16.0 Å². The van der Waals surface area contributed by atoms with E-state index >= 15 is 0 Å². The van der Waals surface area contributed by atoms with Gasteiger partial charge in [-0.3, -0.25) is 0 Å². The van der Waals surface area contributed by atoms with Crippen molar-refractivity contribution in [2.24, 2.45) is 5.14 Å².